The molecule has 3 heteroatoms. The molecule has 1 rings (SSSR count). The number of nitrogens with one attached hydrogen (secondary N) is 1. The third-order valence-electron chi connectivity index (χ3n) is 3.60. The third-order valence-corrected chi connectivity index (χ3v) is 3.60. The maximum Gasteiger partial charge on any atom is 0.0924 e. The van der Waals surface area contributed by atoms with Crippen LogP contribution in [0.3, 0.4) is 0 Å². The fourth-order valence-electron chi connectivity index (χ4n) is 2.54. The Labute approximate surface area is 117 Å². The number of nitrogens with zero attached hydrogens (tertiary/aromatic N) is 1. The molecule has 0 fully saturated rings. The lowest BCUT2D eigenvalue weighted by Crippen LogP contribution is -2.36. The van der Waals surface area contributed by atoms with Gasteiger partial charge in [-0.25, -0.2) is 0 Å². The van der Waals surface area contributed by atoms with Crippen molar-refractivity contribution < 1.29 is 0 Å². The van der Waals surface area contributed by atoms with Crippen molar-refractivity contribution >= 4 is 5.84 Å². The normalized spacial score (nSPS) is 14.6. The van der Waals surface area contributed by atoms with Crippen molar-refractivity contribution in [2.24, 2.45) is 11.7 Å². The van der Waals surface area contributed by atoms with Gasteiger partial charge in [0.2, 0.25) is 0 Å². The van der Waals surface area contributed by atoms with Crippen molar-refractivity contribution in [1.29, 1.82) is 5.41 Å². The topological polar surface area (TPSA) is 53.1 Å². The van der Waals surface area contributed by atoms with E-state index in [1.807, 2.05) is 18.2 Å². The predicted molar refractivity (Wildman–Crippen MR) is 82.4 cm³/mol. The number of hydrogen-bond donors (Lipinski definition) is 2. The summed E-state index contributed by atoms with van der Waals surface area (Å²) in [5.41, 5.74) is 6.86. The Morgan fingerprint density at radius 2 is 1.79 bits per heavy atom. The summed E-state index contributed by atoms with van der Waals surface area (Å²) in [6, 6.07) is 11.0. The lowest BCUT2D eigenvalue weighted by Gasteiger charge is -2.34. The molecule has 0 saturated heterocycles. The second-order valence-corrected chi connectivity index (χ2v) is 5.80. The van der Waals surface area contributed by atoms with Crippen molar-refractivity contribution in [3.05, 3.63) is 35.9 Å². The maximum atomic E-state index is 7.60. The molecule has 0 spiro atoms. The minimum Gasteiger partial charge on any atom is -0.388 e. The maximum absolute atomic E-state index is 7.60. The highest BCUT2D eigenvalue weighted by atomic mass is 15.2. The number of nitrogens with two attached hydrogens (primary N) is 1. The van der Waals surface area contributed by atoms with Crippen molar-refractivity contribution in [3.63, 3.8) is 0 Å². The summed E-state index contributed by atoms with van der Waals surface area (Å²) >= 11 is 0. The molecular weight excluding hydrogens is 234 g/mol. The SMILES string of the molecule is CC(C)CC(C)N(C)C(CC(=N)N)c1ccccc1. The van der Waals surface area contributed by atoms with E-state index in [1.165, 1.54) is 5.56 Å². The molecule has 3 N–H and O–H groups in total. The average Bonchev–Trinajstić information content (AvgIpc) is 2.35. The molecule has 0 heterocycles. The van der Waals surface area contributed by atoms with E-state index in [2.05, 4.69) is 44.9 Å². The molecule has 0 aliphatic rings. The van der Waals surface area contributed by atoms with Gasteiger partial charge in [-0.3, -0.25) is 10.3 Å². The second kappa shape index (κ2) is 7.29. The van der Waals surface area contributed by atoms with Gasteiger partial charge in [0.05, 0.1) is 5.84 Å². The largest absolute Gasteiger partial charge is 0.388 e. The molecule has 0 amide bonds. The van der Waals surface area contributed by atoms with Gasteiger partial charge in [-0.15, -0.1) is 0 Å². The molecule has 3 nitrogen and oxygen atoms in total. The molecule has 0 radical (unpaired) electrons. The van der Waals surface area contributed by atoms with Gasteiger partial charge >= 0.3 is 0 Å². The molecule has 0 aliphatic carbocycles. The summed E-state index contributed by atoms with van der Waals surface area (Å²) < 4.78 is 0. The predicted octanol–water partition coefficient (Wildman–Crippen LogP) is 3.42. The highest BCUT2D eigenvalue weighted by molar-refractivity contribution is 5.77. The minimum atomic E-state index is 0.187. The van der Waals surface area contributed by atoms with E-state index < -0.39 is 0 Å². The average molecular weight is 261 g/mol. The van der Waals surface area contributed by atoms with Crippen LogP contribution >= 0.6 is 0 Å². The lowest BCUT2D eigenvalue weighted by atomic mass is 9.97. The zero-order valence-corrected chi connectivity index (χ0v) is 12.6. The van der Waals surface area contributed by atoms with E-state index in [1.54, 1.807) is 0 Å². The molecule has 0 saturated carbocycles. The number of rotatable bonds is 7. The zero-order chi connectivity index (χ0) is 14.4. The Bertz CT molecular complexity index is 386. The molecule has 2 atom stereocenters. The van der Waals surface area contributed by atoms with Gasteiger partial charge in [-0.2, -0.15) is 0 Å². The summed E-state index contributed by atoms with van der Waals surface area (Å²) in [5, 5.41) is 7.60. The van der Waals surface area contributed by atoms with Crippen molar-refractivity contribution in [1.82, 2.24) is 4.90 Å². The van der Waals surface area contributed by atoms with Crippen LogP contribution in [0.25, 0.3) is 0 Å². The number of hydrogen-bond acceptors (Lipinski definition) is 2. The first-order chi connectivity index (χ1) is 8.91. The molecule has 1 aromatic rings. The highest BCUT2D eigenvalue weighted by Gasteiger charge is 2.22. The molecule has 0 bridgehead atoms. The number of benzene rings is 1. The van der Waals surface area contributed by atoms with E-state index in [0.717, 1.165) is 6.42 Å². The first-order valence-electron chi connectivity index (χ1n) is 7.01. The molecule has 0 aliphatic heterocycles. The van der Waals surface area contributed by atoms with Gasteiger partial charge in [0, 0.05) is 18.5 Å². The minimum absolute atomic E-state index is 0.187. The molecule has 106 valence electrons. The van der Waals surface area contributed by atoms with Gasteiger partial charge in [0.1, 0.15) is 0 Å². The Morgan fingerprint density at radius 1 is 1.21 bits per heavy atom. The van der Waals surface area contributed by atoms with Crippen molar-refractivity contribution in [3.8, 4) is 0 Å². The standard InChI is InChI=1S/C16H27N3/c1-12(2)10-13(3)19(4)15(11-16(17)18)14-8-6-5-7-9-14/h5-9,12-13,15H,10-11H2,1-4H3,(H3,17,18). The quantitative estimate of drug-likeness (QED) is 0.583. The van der Waals surface area contributed by atoms with Crippen LogP contribution in [-0.4, -0.2) is 23.8 Å². The molecular formula is C16H27N3. The molecule has 19 heavy (non-hydrogen) atoms. The molecule has 1 aromatic carbocycles. The van der Waals surface area contributed by atoms with Crippen LogP contribution in [0.4, 0.5) is 0 Å². The summed E-state index contributed by atoms with van der Waals surface area (Å²) in [4.78, 5) is 2.34. The Balaban J connectivity index is 2.88. The van der Waals surface area contributed by atoms with Crippen molar-refractivity contribution in [2.45, 2.75) is 45.7 Å². The second-order valence-electron chi connectivity index (χ2n) is 5.80. The first kappa shape index (κ1) is 15.7. The van der Waals surface area contributed by atoms with Crippen LogP contribution < -0.4 is 5.73 Å². The zero-order valence-electron chi connectivity index (χ0n) is 12.6. The van der Waals surface area contributed by atoms with Gasteiger partial charge in [-0.05, 0) is 31.9 Å². The van der Waals surface area contributed by atoms with E-state index in [-0.39, 0.29) is 11.9 Å². The monoisotopic (exact) mass is 261 g/mol. The summed E-state index contributed by atoms with van der Waals surface area (Å²) in [6.45, 7) is 6.73. The fourth-order valence-corrected chi connectivity index (χ4v) is 2.54. The molecule has 0 aromatic heterocycles. The Morgan fingerprint density at radius 3 is 2.26 bits per heavy atom. The van der Waals surface area contributed by atoms with E-state index in [0.29, 0.717) is 18.4 Å². The van der Waals surface area contributed by atoms with Crippen LogP contribution in [-0.2, 0) is 0 Å². The van der Waals surface area contributed by atoms with Crippen LogP contribution in [0.1, 0.15) is 45.2 Å². The fraction of sp³-hybridized carbons (Fsp3) is 0.562. The van der Waals surface area contributed by atoms with Crippen molar-refractivity contribution in [2.75, 3.05) is 7.05 Å². The van der Waals surface area contributed by atoms with E-state index in [9.17, 15) is 0 Å². The summed E-state index contributed by atoms with van der Waals surface area (Å²) in [7, 11) is 2.13. The first-order valence-corrected chi connectivity index (χ1v) is 7.01. The smallest absolute Gasteiger partial charge is 0.0924 e. The van der Waals surface area contributed by atoms with Crippen LogP contribution in [0.2, 0.25) is 0 Å². The summed E-state index contributed by atoms with van der Waals surface area (Å²) in [5.74, 6) is 0.920. The van der Waals surface area contributed by atoms with Crippen LogP contribution in [0.15, 0.2) is 30.3 Å². The third kappa shape index (κ3) is 5.03. The Hall–Kier alpha value is -1.35. The number of amidine groups is 1. The lowest BCUT2D eigenvalue weighted by molar-refractivity contribution is 0.168. The van der Waals surface area contributed by atoms with Gasteiger partial charge < -0.3 is 5.73 Å². The van der Waals surface area contributed by atoms with Gasteiger partial charge in [0.25, 0.3) is 0 Å². The summed E-state index contributed by atoms with van der Waals surface area (Å²) in [6.07, 6.45) is 1.74. The van der Waals surface area contributed by atoms with Gasteiger partial charge in [0.15, 0.2) is 0 Å². The van der Waals surface area contributed by atoms with E-state index in [4.69, 9.17) is 11.1 Å². The van der Waals surface area contributed by atoms with E-state index >= 15 is 0 Å². The molecule has 2 unspecified atom stereocenters. The van der Waals surface area contributed by atoms with Crippen LogP contribution in [0, 0.1) is 11.3 Å². The Kier molecular flexibility index (Phi) is 6.03. The van der Waals surface area contributed by atoms with Crippen LogP contribution in [0.5, 0.6) is 0 Å². The highest BCUT2D eigenvalue weighted by Crippen LogP contribution is 2.26. The van der Waals surface area contributed by atoms with Gasteiger partial charge in [-0.1, -0.05) is 44.2 Å².